The summed E-state index contributed by atoms with van der Waals surface area (Å²) < 4.78 is 13.0. The summed E-state index contributed by atoms with van der Waals surface area (Å²) in [5, 5.41) is 2.65. The maximum atomic E-state index is 13.0. The molecule has 1 fully saturated rings. The fraction of sp³-hybridized carbons (Fsp3) is 0.211. The van der Waals surface area contributed by atoms with E-state index >= 15 is 0 Å². The molecule has 1 aliphatic rings. The fourth-order valence-corrected chi connectivity index (χ4v) is 3.68. The van der Waals surface area contributed by atoms with Crippen molar-refractivity contribution in [3.63, 3.8) is 0 Å². The van der Waals surface area contributed by atoms with E-state index in [9.17, 15) is 14.0 Å². The molecule has 1 aliphatic heterocycles. The molecule has 1 heterocycles. The van der Waals surface area contributed by atoms with Gasteiger partial charge in [0.25, 0.3) is 0 Å². The van der Waals surface area contributed by atoms with Crippen LogP contribution in [0.2, 0.25) is 0 Å². The van der Waals surface area contributed by atoms with E-state index in [0.717, 1.165) is 5.69 Å². The van der Waals surface area contributed by atoms with Crippen LogP contribution in [0.4, 0.5) is 15.8 Å². The molecule has 2 aromatic carbocycles. The summed E-state index contributed by atoms with van der Waals surface area (Å²) in [4.78, 5) is 31.1. The van der Waals surface area contributed by atoms with Crippen LogP contribution >= 0.6 is 11.8 Å². The van der Waals surface area contributed by atoms with Gasteiger partial charge in [0.05, 0.1) is 5.69 Å². The number of amidine groups is 1. The maximum absolute atomic E-state index is 13.0. The molecular formula is C19H18FN3O2S. The SMILES string of the molecule is CCN1C(=O)C[C@@H](C(=O)Nc2ccc(F)cc2)SC1=Nc1ccccc1. The minimum absolute atomic E-state index is 0.0966. The Hall–Kier alpha value is -2.67. The number of halogens is 1. The van der Waals surface area contributed by atoms with Crippen LogP contribution < -0.4 is 5.32 Å². The van der Waals surface area contributed by atoms with Crippen LogP contribution in [0.15, 0.2) is 59.6 Å². The van der Waals surface area contributed by atoms with Crippen molar-refractivity contribution >= 4 is 40.1 Å². The van der Waals surface area contributed by atoms with Crippen molar-refractivity contribution in [2.24, 2.45) is 4.99 Å². The van der Waals surface area contributed by atoms with Gasteiger partial charge in [-0.15, -0.1) is 0 Å². The molecule has 7 heteroatoms. The van der Waals surface area contributed by atoms with Gasteiger partial charge in [0.1, 0.15) is 11.1 Å². The number of rotatable bonds is 4. The molecule has 134 valence electrons. The second-order valence-corrected chi connectivity index (χ2v) is 6.84. The van der Waals surface area contributed by atoms with E-state index in [2.05, 4.69) is 10.3 Å². The summed E-state index contributed by atoms with van der Waals surface area (Å²) >= 11 is 1.26. The van der Waals surface area contributed by atoms with Gasteiger partial charge < -0.3 is 5.32 Å². The van der Waals surface area contributed by atoms with E-state index in [4.69, 9.17) is 0 Å². The molecule has 0 aromatic heterocycles. The normalized spacial score (nSPS) is 18.8. The van der Waals surface area contributed by atoms with E-state index < -0.39 is 5.25 Å². The van der Waals surface area contributed by atoms with Crippen LogP contribution in [0.5, 0.6) is 0 Å². The topological polar surface area (TPSA) is 61.8 Å². The molecule has 3 rings (SSSR count). The first-order valence-electron chi connectivity index (χ1n) is 8.24. The number of nitrogens with one attached hydrogen (secondary N) is 1. The summed E-state index contributed by atoms with van der Waals surface area (Å²) in [5.41, 5.74) is 1.21. The van der Waals surface area contributed by atoms with Crippen LogP contribution in [0, 0.1) is 5.82 Å². The predicted octanol–water partition coefficient (Wildman–Crippen LogP) is 3.81. The van der Waals surface area contributed by atoms with Gasteiger partial charge in [-0.25, -0.2) is 9.38 Å². The Labute approximate surface area is 155 Å². The highest BCUT2D eigenvalue weighted by Crippen LogP contribution is 2.29. The number of nitrogens with zero attached hydrogens (tertiary/aromatic N) is 2. The number of thioether (sulfide) groups is 1. The number of hydrogen-bond acceptors (Lipinski definition) is 4. The van der Waals surface area contributed by atoms with Gasteiger partial charge in [-0.3, -0.25) is 14.5 Å². The van der Waals surface area contributed by atoms with Crippen LogP contribution in [0.1, 0.15) is 13.3 Å². The molecule has 5 nitrogen and oxygen atoms in total. The van der Waals surface area contributed by atoms with Gasteiger partial charge >= 0.3 is 0 Å². The van der Waals surface area contributed by atoms with Crippen LogP contribution in [-0.4, -0.2) is 33.7 Å². The van der Waals surface area contributed by atoms with Crippen LogP contribution in [-0.2, 0) is 9.59 Å². The Morgan fingerprint density at radius 1 is 1.23 bits per heavy atom. The molecule has 1 saturated heterocycles. The van der Waals surface area contributed by atoms with Crippen molar-refractivity contribution in [2.75, 3.05) is 11.9 Å². The molecule has 0 aliphatic carbocycles. The molecule has 2 amide bonds. The molecule has 0 spiro atoms. The van der Waals surface area contributed by atoms with Crippen LogP contribution in [0.25, 0.3) is 0 Å². The molecule has 1 atom stereocenters. The van der Waals surface area contributed by atoms with Crippen molar-refractivity contribution in [2.45, 2.75) is 18.6 Å². The lowest BCUT2D eigenvalue weighted by atomic mass is 10.2. The molecule has 0 unspecified atom stereocenters. The average Bonchev–Trinajstić information content (AvgIpc) is 2.64. The van der Waals surface area contributed by atoms with E-state index in [-0.39, 0.29) is 24.1 Å². The number of carbonyl (C=O) groups excluding carboxylic acids is 2. The zero-order valence-corrected chi connectivity index (χ0v) is 15.0. The van der Waals surface area contributed by atoms with Gasteiger partial charge in [-0.05, 0) is 43.3 Å². The van der Waals surface area contributed by atoms with Crippen molar-refractivity contribution in [3.8, 4) is 0 Å². The number of hydrogen-bond donors (Lipinski definition) is 1. The van der Waals surface area contributed by atoms with Gasteiger partial charge in [0.2, 0.25) is 11.8 Å². The van der Waals surface area contributed by atoms with E-state index in [1.165, 1.54) is 36.0 Å². The van der Waals surface area contributed by atoms with Crippen LogP contribution in [0.3, 0.4) is 0 Å². The highest BCUT2D eigenvalue weighted by atomic mass is 32.2. The highest BCUT2D eigenvalue weighted by molar-refractivity contribution is 8.15. The van der Waals surface area contributed by atoms with Gasteiger partial charge in [-0.2, -0.15) is 0 Å². The summed E-state index contributed by atoms with van der Waals surface area (Å²) in [6, 6.07) is 14.8. The quantitative estimate of drug-likeness (QED) is 0.889. The van der Waals surface area contributed by atoms with Gasteiger partial charge in [-0.1, -0.05) is 30.0 Å². The first-order chi connectivity index (χ1) is 12.6. The summed E-state index contributed by atoms with van der Waals surface area (Å²) in [6.45, 7) is 2.36. The maximum Gasteiger partial charge on any atom is 0.238 e. The lowest BCUT2D eigenvalue weighted by Crippen LogP contribution is -2.45. The Morgan fingerprint density at radius 3 is 2.58 bits per heavy atom. The number of anilines is 1. The van der Waals surface area contributed by atoms with E-state index in [1.807, 2.05) is 37.3 Å². The monoisotopic (exact) mass is 371 g/mol. The molecule has 0 bridgehead atoms. The Kier molecular flexibility index (Phi) is 5.68. The van der Waals surface area contributed by atoms with Crippen molar-refractivity contribution in [3.05, 3.63) is 60.4 Å². The second kappa shape index (κ2) is 8.14. The minimum Gasteiger partial charge on any atom is -0.325 e. The first kappa shape index (κ1) is 18.1. The Balaban J connectivity index is 1.78. The number of aliphatic imine (C=N–C) groups is 1. The predicted molar refractivity (Wildman–Crippen MR) is 102 cm³/mol. The third-order valence-electron chi connectivity index (χ3n) is 3.84. The van der Waals surface area contributed by atoms with E-state index in [0.29, 0.717) is 17.4 Å². The number of amides is 2. The lowest BCUT2D eigenvalue weighted by molar-refractivity contribution is -0.129. The lowest BCUT2D eigenvalue weighted by Gasteiger charge is -2.30. The van der Waals surface area contributed by atoms with Crippen molar-refractivity contribution in [1.82, 2.24) is 4.90 Å². The largest absolute Gasteiger partial charge is 0.325 e. The van der Waals surface area contributed by atoms with Crippen molar-refractivity contribution in [1.29, 1.82) is 0 Å². The molecule has 26 heavy (non-hydrogen) atoms. The molecule has 2 aromatic rings. The smallest absolute Gasteiger partial charge is 0.238 e. The standard InChI is InChI=1S/C19H18FN3O2S/c1-2-23-17(24)12-16(18(25)21-15-10-8-13(20)9-11-15)26-19(23)22-14-6-4-3-5-7-14/h3-11,16H,2,12H2,1H3,(H,21,25)/t16-/m0/s1. The third-order valence-corrected chi connectivity index (χ3v) is 5.03. The number of carbonyl (C=O) groups is 2. The average molecular weight is 371 g/mol. The molecule has 0 saturated carbocycles. The summed E-state index contributed by atoms with van der Waals surface area (Å²) in [6.07, 6.45) is 0.0966. The first-order valence-corrected chi connectivity index (χ1v) is 9.12. The molecule has 1 N–H and O–H groups in total. The van der Waals surface area contributed by atoms with E-state index in [1.54, 1.807) is 4.90 Å². The summed E-state index contributed by atoms with van der Waals surface area (Å²) in [5.74, 6) is -0.812. The molecular weight excluding hydrogens is 353 g/mol. The Morgan fingerprint density at radius 2 is 1.92 bits per heavy atom. The fourth-order valence-electron chi connectivity index (χ4n) is 2.52. The number of para-hydroxylation sites is 1. The molecule has 0 radical (unpaired) electrons. The Bertz CT molecular complexity index is 824. The van der Waals surface area contributed by atoms with Gasteiger partial charge in [0.15, 0.2) is 5.17 Å². The highest BCUT2D eigenvalue weighted by Gasteiger charge is 2.35. The zero-order chi connectivity index (χ0) is 18.5. The van der Waals surface area contributed by atoms with Crippen molar-refractivity contribution < 1.29 is 14.0 Å². The summed E-state index contributed by atoms with van der Waals surface area (Å²) in [7, 11) is 0. The van der Waals surface area contributed by atoms with Gasteiger partial charge in [0, 0.05) is 18.7 Å². The second-order valence-electron chi connectivity index (χ2n) is 5.67. The zero-order valence-electron chi connectivity index (χ0n) is 14.2. The minimum atomic E-state index is -0.585. The third kappa shape index (κ3) is 4.29. The number of benzene rings is 2.